The van der Waals surface area contributed by atoms with Gasteiger partial charge in [-0.2, -0.15) is 0 Å². The molecule has 0 aliphatic carbocycles. The summed E-state index contributed by atoms with van der Waals surface area (Å²) in [4.78, 5) is 24.4. The highest BCUT2D eigenvalue weighted by atomic mass is 79.9. The number of nitrogens with one attached hydrogen (secondary N) is 1. The SMILES string of the molecule is CN(CC(=O)Nc1cccc(Br)c1)C(C)(C)C(=O)O. The van der Waals surface area contributed by atoms with E-state index in [9.17, 15) is 9.59 Å². The van der Waals surface area contributed by atoms with Gasteiger partial charge in [0, 0.05) is 10.2 Å². The summed E-state index contributed by atoms with van der Waals surface area (Å²) in [7, 11) is 1.61. The number of benzene rings is 1. The van der Waals surface area contributed by atoms with Crippen LogP contribution in [0, 0.1) is 0 Å². The molecule has 0 radical (unpaired) electrons. The topological polar surface area (TPSA) is 69.6 Å². The monoisotopic (exact) mass is 328 g/mol. The Bertz CT molecular complexity index is 489. The summed E-state index contributed by atoms with van der Waals surface area (Å²) in [6.07, 6.45) is 0. The maximum atomic E-state index is 11.8. The predicted octanol–water partition coefficient (Wildman–Crippen LogP) is 2.18. The molecule has 0 aliphatic rings. The minimum Gasteiger partial charge on any atom is -0.480 e. The third-order valence-corrected chi connectivity index (χ3v) is 3.46. The van der Waals surface area contributed by atoms with E-state index in [1.807, 2.05) is 12.1 Å². The summed E-state index contributed by atoms with van der Waals surface area (Å²) in [5.74, 6) is -1.22. The van der Waals surface area contributed by atoms with E-state index in [4.69, 9.17) is 5.11 Å². The van der Waals surface area contributed by atoms with Crippen molar-refractivity contribution >= 4 is 33.5 Å². The number of halogens is 1. The molecule has 19 heavy (non-hydrogen) atoms. The van der Waals surface area contributed by atoms with Crippen LogP contribution >= 0.6 is 15.9 Å². The lowest BCUT2D eigenvalue weighted by atomic mass is 10.0. The molecule has 0 bridgehead atoms. The number of amides is 1. The highest BCUT2D eigenvalue weighted by Crippen LogP contribution is 2.16. The van der Waals surface area contributed by atoms with Gasteiger partial charge in [0.15, 0.2) is 0 Å². The summed E-state index contributed by atoms with van der Waals surface area (Å²) >= 11 is 3.31. The molecule has 0 aromatic heterocycles. The first-order chi connectivity index (χ1) is 8.73. The molecule has 0 fully saturated rings. The molecule has 1 amide bonds. The van der Waals surface area contributed by atoms with Crippen LogP contribution in [0.15, 0.2) is 28.7 Å². The Balaban J connectivity index is 2.64. The van der Waals surface area contributed by atoms with Gasteiger partial charge in [0.25, 0.3) is 0 Å². The van der Waals surface area contributed by atoms with Crippen LogP contribution in [-0.4, -0.2) is 41.0 Å². The van der Waals surface area contributed by atoms with Crippen LogP contribution in [0.1, 0.15) is 13.8 Å². The molecule has 0 heterocycles. The van der Waals surface area contributed by atoms with Gasteiger partial charge in [-0.05, 0) is 39.1 Å². The second-order valence-electron chi connectivity index (χ2n) is 4.78. The molecule has 0 saturated carbocycles. The number of likely N-dealkylation sites (N-methyl/N-ethyl adjacent to an activating group) is 1. The fourth-order valence-corrected chi connectivity index (χ4v) is 1.74. The molecule has 1 rings (SSSR count). The number of rotatable bonds is 5. The van der Waals surface area contributed by atoms with Crippen LogP contribution in [0.2, 0.25) is 0 Å². The molecule has 1 aromatic rings. The van der Waals surface area contributed by atoms with Gasteiger partial charge >= 0.3 is 5.97 Å². The predicted molar refractivity (Wildman–Crippen MR) is 77.1 cm³/mol. The van der Waals surface area contributed by atoms with Gasteiger partial charge in [-0.1, -0.05) is 22.0 Å². The van der Waals surface area contributed by atoms with E-state index in [0.717, 1.165) is 4.47 Å². The molecule has 0 saturated heterocycles. The largest absolute Gasteiger partial charge is 0.480 e. The molecular weight excluding hydrogens is 312 g/mol. The number of carboxylic acid groups (broad SMARTS) is 1. The molecule has 0 spiro atoms. The van der Waals surface area contributed by atoms with E-state index in [1.165, 1.54) is 4.90 Å². The molecule has 0 aliphatic heterocycles. The number of nitrogens with zero attached hydrogens (tertiary/aromatic N) is 1. The summed E-state index contributed by atoms with van der Waals surface area (Å²) in [5, 5.41) is 11.8. The number of hydrogen-bond donors (Lipinski definition) is 2. The first kappa shape index (κ1) is 15.7. The molecule has 0 atom stereocenters. The quantitative estimate of drug-likeness (QED) is 0.869. The Hall–Kier alpha value is -1.40. The Morgan fingerprint density at radius 1 is 1.42 bits per heavy atom. The van der Waals surface area contributed by atoms with Crippen molar-refractivity contribution in [2.45, 2.75) is 19.4 Å². The molecular formula is C13H17BrN2O3. The number of hydrogen-bond acceptors (Lipinski definition) is 3. The van der Waals surface area contributed by atoms with Crippen LogP contribution < -0.4 is 5.32 Å². The fraction of sp³-hybridized carbons (Fsp3) is 0.385. The number of carbonyl (C=O) groups is 2. The van der Waals surface area contributed by atoms with Crippen molar-refractivity contribution in [2.24, 2.45) is 0 Å². The number of anilines is 1. The molecule has 5 nitrogen and oxygen atoms in total. The Morgan fingerprint density at radius 3 is 2.58 bits per heavy atom. The van der Waals surface area contributed by atoms with Gasteiger partial charge in [-0.15, -0.1) is 0 Å². The lowest BCUT2D eigenvalue weighted by Crippen LogP contribution is -2.50. The Morgan fingerprint density at radius 2 is 2.05 bits per heavy atom. The average molecular weight is 329 g/mol. The molecule has 6 heteroatoms. The highest BCUT2D eigenvalue weighted by molar-refractivity contribution is 9.10. The molecule has 1 aromatic carbocycles. The lowest BCUT2D eigenvalue weighted by Gasteiger charge is -2.30. The van der Waals surface area contributed by atoms with Gasteiger partial charge < -0.3 is 10.4 Å². The molecule has 104 valence electrons. The van der Waals surface area contributed by atoms with Gasteiger partial charge in [0.1, 0.15) is 5.54 Å². The van der Waals surface area contributed by atoms with Crippen LogP contribution in [0.3, 0.4) is 0 Å². The summed E-state index contributed by atoms with van der Waals surface area (Å²) in [6.45, 7) is 3.12. The Kier molecular flexibility index (Phi) is 5.08. The second-order valence-corrected chi connectivity index (χ2v) is 5.69. The van der Waals surface area contributed by atoms with E-state index >= 15 is 0 Å². The van der Waals surface area contributed by atoms with Gasteiger partial charge in [0.05, 0.1) is 6.54 Å². The van der Waals surface area contributed by atoms with Crippen molar-refractivity contribution < 1.29 is 14.7 Å². The van der Waals surface area contributed by atoms with E-state index < -0.39 is 11.5 Å². The summed E-state index contributed by atoms with van der Waals surface area (Å²) in [5.41, 5.74) is -0.421. The minimum absolute atomic E-state index is 0.00577. The third kappa shape index (κ3) is 4.33. The zero-order chi connectivity index (χ0) is 14.6. The summed E-state index contributed by atoms with van der Waals surface area (Å²) in [6, 6.07) is 7.21. The fourth-order valence-electron chi connectivity index (χ4n) is 1.34. The minimum atomic E-state index is -1.09. The smallest absolute Gasteiger partial charge is 0.323 e. The van der Waals surface area contributed by atoms with Crippen molar-refractivity contribution in [2.75, 3.05) is 18.9 Å². The molecule has 2 N–H and O–H groups in total. The first-order valence-electron chi connectivity index (χ1n) is 5.73. The van der Waals surface area contributed by atoms with Crippen LogP contribution in [0.4, 0.5) is 5.69 Å². The number of carboxylic acids is 1. The first-order valence-corrected chi connectivity index (χ1v) is 6.53. The van der Waals surface area contributed by atoms with Crippen molar-refractivity contribution in [3.05, 3.63) is 28.7 Å². The van der Waals surface area contributed by atoms with Crippen molar-refractivity contribution in [1.82, 2.24) is 4.90 Å². The highest BCUT2D eigenvalue weighted by Gasteiger charge is 2.32. The average Bonchev–Trinajstić information content (AvgIpc) is 2.28. The van der Waals surface area contributed by atoms with Crippen LogP contribution in [0.25, 0.3) is 0 Å². The Labute approximate surface area is 120 Å². The normalized spacial score (nSPS) is 11.4. The van der Waals surface area contributed by atoms with Crippen molar-refractivity contribution in [3.63, 3.8) is 0 Å². The van der Waals surface area contributed by atoms with E-state index in [-0.39, 0.29) is 12.5 Å². The van der Waals surface area contributed by atoms with Gasteiger partial charge in [-0.3, -0.25) is 14.5 Å². The summed E-state index contributed by atoms with van der Waals surface area (Å²) < 4.78 is 0.865. The van der Waals surface area contributed by atoms with E-state index in [1.54, 1.807) is 33.0 Å². The molecule has 0 unspecified atom stereocenters. The zero-order valence-electron chi connectivity index (χ0n) is 11.1. The van der Waals surface area contributed by atoms with Crippen molar-refractivity contribution in [1.29, 1.82) is 0 Å². The maximum absolute atomic E-state index is 11.8. The van der Waals surface area contributed by atoms with E-state index in [0.29, 0.717) is 5.69 Å². The maximum Gasteiger partial charge on any atom is 0.323 e. The standard InChI is InChI=1S/C13H17BrN2O3/c1-13(2,12(18)19)16(3)8-11(17)15-10-6-4-5-9(14)7-10/h4-7H,8H2,1-3H3,(H,15,17)(H,18,19). The van der Waals surface area contributed by atoms with E-state index in [2.05, 4.69) is 21.2 Å². The second kappa shape index (κ2) is 6.16. The van der Waals surface area contributed by atoms with Gasteiger partial charge in [-0.25, -0.2) is 0 Å². The van der Waals surface area contributed by atoms with Gasteiger partial charge in [0.2, 0.25) is 5.91 Å². The van der Waals surface area contributed by atoms with Crippen LogP contribution in [-0.2, 0) is 9.59 Å². The number of aliphatic carboxylic acids is 1. The zero-order valence-corrected chi connectivity index (χ0v) is 12.7. The lowest BCUT2D eigenvalue weighted by molar-refractivity contribution is -0.148. The van der Waals surface area contributed by atoms with Crippen molar-refractivity contribution in [3.8, 4) is 0 Å². The third-order valence-electron chi connectivity index (χ3n) is 2.97. The van der Waals surface area contributed by atoms with Crippen LogP contribution in [0.5, 0.6) is 0 Å². The number of carbonyl (C=O) groups excluding carboxylic acids is 1.